The van der Waals surface area contributed by atoms with Gasteiger partial charge in [-0.1, -0.05) is 79.7 Å². The molecule has 3 fully saturated rings. The topological polar surface area (TPSA) is 180 Å². The predicted octanol–water partition coefficient (Wildman–Crippen LogP) is 2.20. The van der Waals surface area contributed by atoms with Gasteiger partial charge in [0.25, 0.3) is 5.91 Å². The molecule has 1 saturated carbocycles. The first-order valence-electron chi connectivity index (χ1n) is 16.9. The number of nitrogens with one attached hydrogen (secondary N) is 4. The third kappa shape index (κ3) is 9.13. The quantitative estimate of drug-likeness (QED) is 0.169. The van der Waals surface area contributed by atoms with E-state index in [1.165, 1.54) is 11.0 Å². The number of unbranched alkanes of at least 4 members (excludes halogenated alkanes) is 1. The SMILES string of the molecule is C=CCNC(=O)C(=O)[C@H](CCCC)NC(=O)[C@@H]1[C@@H](C)[C@@H](C)CN1C(=O)[C@@H](NC(=O)NC1([C@@H]2OCCS2(=O)=O)CCCCC1)C(C)(C)C. The minimum absolute atomic E-state index is 0.0694. The van der Waals surface area contributed by atoms with Gasteiger partial charge in [-0.3, -0.25) is 19.2 Å². The van der Waals surface area contributed by atoms with Gasteiger partial charge in [0.1, 0.15) is 12.1 Å². The zero-order valence-corrected chi connectivity index (χ0v) is 29.7. The number of nitrogens with zero attached hydrogens (tertiary/aromatic N) is 1. The summed E-state index contributed by atoms with van der Waals surface area (Å²) in [5.41, 5.74) is -3.05. The number of likely N-dealkylation sites (tertiary alicyclic amines) is 1. The Bertz CT molecular complexity index is 1290. The van der Waals surface area contributed by atoms with Gasteiger partial charge in [0.05, 0.1) is 23.9 Å². The van der Waals surface area contributed by atoms with Crippen molar-refractivity contribution in [2.75, 3.05) is 25.4 Å². The van der Waals surface area contributed by atoms with Crippen molar-refractivity contribution in [1.82, 2.24) is 26.2 Å². The van der Waals surface area contributed by atoms with Gasteiger partial charge >= 0.3 is 6.03 Å². The van der Waals surface area contributed by atoms with Crippen molar-refractivity contribution in [3.63, 3.8) is 0 Å². The molecule has 3 rings (SSSR count). The van der Waals surface area contributed by atoms with Gasteiger partial charge in [-0.05, 0) is 36.5 Å². The zero-order chi connectivity index (χ0) is 35.2. The lowest BCUT2D eigenvalue weighted by Gasteiger charge is -2.42. The van der Waals surface area contributed by atoms with Gasteiger partial charge in [-0.2, -0.15) is 0 Å². The Labute approximate surface area is 279 Å². The third-order valence-corrected chi connectivity index (χ3v) is 11.8. The van der Waals surface area contributed by atoms with Crippen molar-refractivity contribution < 1.29 is 37.1 Å². The predicted molar refractivity (Wildman–Crippen MR) is 178 cm³/mol. The molecule has 0 aromatic heterocycles. The van der Waals surface area contributed by atoms with Gasteiger partial charge in [0.15, 0.2) is 15.3 Å². The van der Waals surface area contributed by atoms with Crippen molar-refractivity contribution in [2.45, 2.75) is 122 Å². The normalized spacial score (nSPS) is 26.5. The van der Waals surface area contributed by atoms with E-state index in [9.17, 15) is 32.4 Å². The van der Waals surface area contributed by atoms with Crippen molar-refractivity contribution >= 4 is 39.4 Å². The molecule has 266 valence electrons. The highest BCUT2D eigenvalue weighted by Gasteiger charge is 2.52. The zero-order valence-electron chi connectivity index (χ0n) is 28.9. The van der Waals surface area contributed by atoms with E-state index in [2.05, 4.69) is 27.8 Å². The highest BCUT2D eigenvalue weighted by molar-refractivity contribution is 7.92. The number of Topliss-reactive ketones (excluding diaryl/α,β-unsaturated/α-hetero) is 1. The molecule has 14 heteroatoms. The van der Waals surface area contributed by atoms with E-state index in [0.29, 0.717) is 19.3 Å². The lowest BCUT2D eigenvalue weighted by Crippen LogP contribution is -2.65. The summed E-state index contributed by atoms with van der Waals surface area (Å²) in [6.45, 7) is 15.1. The lowest BCUT2D eigenvalue weighted by molar-refractivity contribution is -0.144. The minimum atomic E-state index is -3.58. The number of rotatable bonds is 13. The maximum atomic E-state index is 14.3. The van der Waals surface area contributed by atoms with Crippen LogP contribution in [0.5, 0.6) is 0 Å². The maximum absolute atomic E-state index is 14.3. The molecule has 5 amide bonds. The molecular weight excluding hydrogens is 626 g/mol. The number of ketones is 1. The molecule has 6 atom stereocenters. The van der Waals surface area contributed by atoms with Crippen LogP contribution in [-0.4, -0.2) is 97.4 Å². The van der Waals surface area contributed by atoms with Crippen LogP contribution < -0.4 is 21.3 Å². The fourth-order valence-corrected chi connectivity index (χ4v) is 8.76. The first kappa shape index (κ1) is 38.4. The Morgan fingerprint density at radius 2 is 1.72 bits per heavy atom. The standard InChI is InChI=1S/C33H55N5O8S/c1-8-10-14-23(25(39)28(41)34-17-9-2)35-27(40)24-22(4)21(3)20-38(24)29(42)26(32(5,6)7)36-31(43)37-33(15-12-11-13-16-33)30-46-18-19-47(30,44)45/h9,21-24,26,30H,2,8,10-20H2,1,3-7H3,(H,34,41)(H,35,40)(H2,36,37,43)/t21-,22-,23-,24-,26+,30+/m0/s1. The summed E-state index contributed by atoms with van der Waals surface area (Å²) in [5, 5.41) is 11.0. The number of hydrogen-bond donors (Lipinski definition) is 4. The number of urea groups is 1. The molecule has 2 aliphatic heterocycles. The maximum Gasteiger partial charge on any atom is 0.316 e. The van der Waals surface area contributed by atoms with Crippen LogP contribution in [0.15, 0.2) is 12.7 Å². The number of hydrogen-bond acceptors (Lipinski definition) is 8. The fourth-order valence-electron chi connectivity index (χ4n) is 6.93. The third-order valence-electron chi connectivity index (χ3n) is 9.79. The molecule has 0 aromatic rings. The monoisotopic (exact) mass is 681 g/mol. The Balaban J connectivity index is 1.84. The van der Waals surface area contributed by atoms with Crippen molar-refractivity contribution in [3.8, 4) is 0 Å². The average Bonchev–Trinajstić information content (AvgIpc) is 3.53. The summed E-state index contributed by atoms with van der Waals surface area (Å²) in [6.07, 6.45) is 6.32. The number of sulfone groups is 1. The van der Waals surface area contributed by atoms with E-state index in [1.807, 2.05) is 20.8 Å². The van der Waals surface area contributed by atoms with E-state index >= 15 is 0 Å². The molecule has 0 bridgehead atoms. The molecule has 47 heavy (non-hydrogen) atoms. The average molecular weight is 682 g/mol. The molecule has 0 spiro atoms. The van der Waals surface area contributed by atoms with Gasteiger partial charge in [-0.25, -0.2) is 13.2 Å². The molecule has 0 aromatic carbocycles. The van der Waals surface area contributed by atoms with E-state index in [0.717, 1.165) is 25.7 Å². The van der Waals surface area contributed by atoms with Crippen LogP contribution in [-0.2, 0) is 33.8 Å². The molecule has 4 N–H and O–H groups in total. The van der Waals surface area contributed by atoms with Gasteiger partial charge < -0.3 is 30.9 Å². The van der Waals surface area contributed by atoms with E-state index in [4.69, 9.17) is 4.74 Å². The number of carbonyl (C=O) groups is 5. The van der Waals surface area contributed by atoms with Crippen LogP contribution in [0.1, 0.15) is 92.9 Å². The Hall–Kier alpha value is -3.00. The Morgan fingerprint density at radius 3 is 2.28 bits per heavy atom. The molecule has 13 nitrogen and oxygen atoms in total. The van der Waals surface area contributed by atoms with Crippen molar-refractivity contribution in [2.24, 2.45) is 17.3 Å². The van der Waals surface area contributed by atoms with Crippen molar-refractivity contribution in [1.29, 1.82) is 0 Å². The van der Waals surface area contributed by atoms with Crippen LogP contribution in [0, 0.1) is 17.3 Å². The first-order valence-corrected chi connectivity index (χ1v) is 18.7. The van der Waals surface area contributed by atoms with Crippen LogP contribution >= 0.6 is 0 Å². The van der Waals surface area contributed by atoms with Crippen molar-refractivity contribution in [3.05, 3.63) is 12.7 Å². The molecule has 1 aliphatic carbocycles. The van der Waals surface area contributed by atoms with E-state index in [1.54, 1.807) is 20.8 Å². The van der Waals surface area contributed by atoms with Crippen LogP contribution in [0.2, 0.25) is 0 Å². The minimum Gasteiger partial charge on any atom is -0.359 e. The Kier molecular flexibility index (Phi) is 13.0. The number of ether oxygens (including phenoxy) is 1. The molecular formula is C33H55N5O8S. The molecule has 3 aliphatic rings. The van der Waals surface area contributed by atoms with E-state index in [-0.39, 0.29) is 43.7 Å². The highest BCUT2D eigenvalue weighted by atomic mass is 32.2. The second kappa shape index (κ2) is 15.9. The van der Waals surface area contributed by atoms with Gasteiger partial charge in [0.2, 0.25) is 17.6 Å². The summed E-state index contributed by atoms with van der Waals surface area (Å²) in [7, 11) is -3.58. The summed E-state index contributed by atoms with van der Waals surface area (Å²) >= 11 is 0. The van der Waals surface area contributed by atoms with Crippen LogP contribution in [0.25, 0.3) is 0 Å². The Morgan fingerprint density at radius 1 is 1.06 bits per heavy atom. The summed E-state index contributed by atoms with van der Waals surface area (Å²) in [6, 6.07) is -3.75. The molecule has 0 radical (unpaired) electrons. The first-order chi connectivity index (χ1) is 22.0. The summed E-state index contributed by atoms with van der Waals surface area (Å²) < 4.78 is 31.5. The fraction of sp³-hybridized carbons (Fsp3) is 0.788. The number of carbonyl (C=O) groups excluding carboxylic acids is 5. The van der Waals surface area contributed by atoms with Gasteiger partial charge in [-0.15, -0.1) is 6.58 Å². The summed E-state index contributed by atoms with van der Waals surface area (Å²) in [5.74, 6) is -3.04. The van der Waals surface area contributed by atoms with E-state index < -0.39 is 73.9 Å². The smallest absolute Gasteiger partial charge is 0.316 e. The second-order valence-electron chi connectivity index (χ2n) is 14.5. The molecule has 0 unspecified atom stereocenters. The largest absolute Gasteiger partial charge is 0.359 e. The number of amides is 5. The second-order valence-corrected chi connectivity index (χ2v) is 16.7. The van der Waals surface area contributed by atoms with Crippen LogP contribution in [0.3, 0.4) is 0 Å². The van der Waals surface area contributed by atoms with Gasteiger partial charge in [0, 0.05) is 13.1 Å². The summed E-state index contributed by atoms with van der Waals surface area (Å²) in [4.78, 5) is 68.8. The highest BCUT2D eigenvalue weighted by Crippen LogP contribution is 2.38. The molecule has 2 saturated heterocycles. The molecule has 2 heterocycles. The van der Waals surface area contributed by atoms with Crippen LogP contribution in [0.4, 0.5) is 4.79 Å². The lowest BCUT2D eigenvalue weighted by atomic mass is 9.82.